The molecule has 25 heavy (non-hydrogen) atoms. The molecule has 1 N–H and O–H groups in total. The van der Waals surface area contributed by atoms with Crippen molar-refractivity contribution >= 4 is 12.6 Å². The fraction of sp³-hybridized carbons (Fsp3) is 0.333. The van der Waals surface area contributed by atoms with Gasteiger partial charge >= 0.3 is 0 Å². The van der Waals surface area contributed by atoms with E-state index < -0.39 is 0 Å². The van der Waals surface area contributed by atoms with Gasteiger partial charge in [0.2, 0.25) is 0 Å². The number of phenolic OH excluding ortho intramolecular Hbond substituents is 1. The summed E-state index contributed by atoms with van der Waals surface area (Å²) >= 11 is 0. The molecule has 0 saturated heterocycles. The predicted octanol–water partition coefficient (Wildman–Crippen LogP) is 4.27. The third-order valence-electron chi connectivity index (χ3n) is 4.96. The fourth-order valence-corrected chi connectivity index (χ4v) is 3.76. The number of hydrogen-bond acceptors (Lipinski definition) is 4. The molecule has 2 aromatic carbocycles. The van der Waals surface area contributed by atoms with E-state index in [0.717, 1.165) is 23.9 Å². The van der Waals surface area contributed by atoms with Gasteiger partial charge in [-0.15, -0.1) is 0 Å². The van der Waals surface area contributed by atoms with Gasteiger partial charge in [-0.05, 0) is 61.8 Å². The van der Waals surface area contributed by atoms with Crippen molar-refractivity contribution in [3.05, 3.63) is 59.7 Å². The van der Waals surface area contributed by atoms with Crippen LogP contribution in [0.15, 0.2) is 48.5 Å². The van der Waals surface area contributed by atoms with E-state index in [1.54, 1.807) is 18.2 Å². The molecule has 0 amide bonds. The van der Waals surface area contributed by atoms with Crippen molar-refractivity contribution in [3.63, 3.8) is 0 Å². The Kier molecular flexibility index (Phi) is 5.49. The lowest BCUT2D eigenvalue weighted by atomic mass is 9.98. The van der Waals surface area contributed by atoms with E-state index in [1.807, 2.05) is 18.2 Å². The van der Waals surface area contributed by atoms with Crippen molar-refractivity contribution < 1.29 is 19.4 Å². The first kappa shape index (κ1) is 17.2. The number of benzene rings is 2. The summed E-state index contributed by atoms with van der Waals surface area (Å²) in [5.74, 6) is 2.62. The van der Waals surface area contributed by atoms with Crippen molar-refractivity contribution in [3.8, 4) is 11.5 Å². The maximum atomic E-state index is 10.7. The molecule has 2 fully saturated rings. The van der Waals surface area contributed by atoms with Gasteiger partial charge in [-0.2, -0.15) is 0 Å². The van der Waals surface area contributed by atoms with Crippen molar-refractivity contribution in [1.82, 2.24) is 0 Å². The summed E-state index contributed by atoms with van der Waals surface area (Å²) in [6, 6.07) is 13.6. The van der Waals surface area contributed by atoms with Gasteiger partial charge in [0.05, 0.1) is 0 Å². The monoisotopic (exact) mass is 338 g/mol. The van der Waals surface area contributed by atoms with Crippen molar-refractivity contribution in [1.29, 1.82) is 0 Å². The van der Waals surface area contributed by atoms with Gasteiger partial charge in [-0.25, -0.2) is 0 Å². The Morgan fingerprint density at radius 2 is 1.64 bits per heavy atom. The van der Waals surface area contributed by atoms with E-state index in [4.69, 9.17) is 9.84 Å². The van der Waals surface area contributed by atoms with E-state index in [0.29, 0.717) is 23.5 Å². The number of aromatic hydroxyl groups is 1. The largest absolute Gasteiger partial charge is 0.508 e. The highest BCUT2D eigenvalue weighted by molar-refractivity contribution is 5.75. The highest BCUT2D eigenvalue weighted by Gasteiger charge is 2.40. The summed E-state index contributed by atoms with van der Waals surface area (Å²) in [7, 11) is 0. The minimum Gasteiger partial charge on any atom is -0.508 e. The first-order valence-electron chi connectivity index (χ1n) is 8.64. The summed E-state index contributed by atoms with van der Waals surface area (Å²) < 4.78 is 5.99. The minimum atomic E-state index is 0.125. The number of ether oxygens (including phenoxy) is 1. The smallest absolute Gasteiger partial charge is 0.150 e. The van der Waals surface area contributed by atoms with E-state index in [9.17, 15) is 9.59 Å². The standard InChI is InChI=1S/C14H16O2.C7H6O2/c15-9-11-2-1-3-13(7-11)16-14-8-10-4-5-12(14)6-10;8-5-6-2-1-3-7(9)4-6/h1-3,7,9-10,12,14H,4-6,8H2;1-5,9H. The van der Waals surface area contributed by atoms with Crippen molar-refractivity contribution in [2.24, 2.45) is 11.8 Å². The zero-order valence-corrected chi connectivity index (χ0v) is 14.0. The lowest BCUT2D eigenvalue weighted by Crippen LogP contribution is -2.23. The number of rotatable bonds is 4. The number of fused-ring (bicyclic) bond motifs is 2. The van der Waals surface area contributed by atoms with Crippen LogP contribution >= 0.6 is 0 Å². The van der Waals surface area contributed by atoms with Crippen LogP contribution < -0.4 is 4.74 Å². The molecule has 4 nitrogen and oxygen atoms in total. The van der Waals surface area contributed by atoms with Crippen molar-refractivity contribution in [2.45, 2.75) is 31.8 Å². The molecule has 3 unspecified atom stereocenters. The van der Waals surface area contributed by atoms with Crippen LogP contribution in [0.25, 0.3) is 0 Å². The Balaban J connectivity index is 0.000000173. The van der Waals surface area contributed by atoms with Crippen LogP contribution in [0.4, 0.5) is 0 Å². The van der Waals surface area contributed by atoms with Crippen LogP contribution in [0.3, 0.4) is 0 Å². The molecule has 130 valence electrons. The average Bonchev–Trinajstić information content (AvgIpc) is 3.25. The van der Waals surface area contributed by atoms with E-state index in [-0.39, 0.29) is 5.75 Å². The average molecular weight is 338 g/mol. The molecule has 3 atom stereocenters. The molecule has 0 aliphatic heterocycles. The molecule has 2 bridgehead atoms. The highest BCUT2D eigenvalue weighted by atomic mass is 16.5. The van der Waals surface area contributed by atoms with E-state index in [1.165, 1.54) is 37.8 Å². The first-order valence-corrected chi connectivity index (χ1v) is 8.64. The van der Waals surface area contributed by atoms with Gasteiger partial charge in [-0.1, -0.05) is 24.3 Å². The normalized spacial score (nSPS) is 23.4. The lowest BCUT2D eigenvalue weighted by Gasteiger charge is -2.23. The van der Waals surface area contributed by atoms with Gasteiger partial charge < -0.3 is 9.84 Å². The molecule has 0 radical (unpaired) electrons. The summed E-state index contributed by atoms with van der Waals surface area (Å²) in [6.45, 7) is 0. The SMILES string of the molecule is O=Cc1cccc(O)c1.O=Cc1cccc(OC2CC3CCC2C3)c1. The van der Waals surface area contributed by atoms with Gasteiger partial charge in [0.1, 0.15) is 30.2 Å². The Bertz CT molecular complexity index is 740. The lowest BCUT2D eigenvalue weighted by molar-refractivity contribution is 0.111. The third-order valence-corrected chi connectivity index (χ3v) is 4.96. The topological polar surface area (TPSA) is 63.6 Å². The van der Waals surface area contributed by atoms with Gasteiger partial charge in [-0.3, -0.25) is 9.59 Å². The van der Waals surface area contributed by atoms with Crippen LogP contribution in [0.2, 0.25) is 0 Å². The summed E-state index contributed by atoms with van der Waals surface area (Å²) in [6.07, 6.45) is 7.21. The summed E-state index contributed by atoms with van der Waals surface area (Å²) in [4.78, 5) is 20.7. The van der Waals surface area contributed by atoms with Gasteiger partial charge in [0.15, 0.2) is 0 Å². The highest BCUT2D eigenvalue weighted by Crippen LogP contribution is 2.45. The van der Waals surface area contributed by atoms with Crippen LogP contribution in [-0.2, 0) is 0 Å². The van der Waals surface area contributed by atoms with E-state index in [2.05, 4.69) is 0 Å². The number of carbonyl (C=O) groups excluding carboxylic acids is 2. The molecule has 0 spiro atoms. The second kappa shape index (κ2) is 7.97. The van der Waals surface area contributed by atoms with Gasteiger partial charge in [0.25, 0.3) is 0 Å². The molecular weight excluding hydrogens is 316 g/mol. The molecule has 2 aromatic rings. The Morgan fingerprint density at radius 1 is 0.920 bits per heavy atom. The Hall–Kier alpha value is -2.62. The Morgan fingerprint density at radius 3 is 2.20 bits per heavy atom. The fourth-order valence-electron chi connectivity index (χ4n) is 3.76. The second-order valence-electron chi connectivity index (χ2n) is 6.73. The number of aldehydes is 2. The maximum Gasteiger partial charge on any atom is 0.150 e. The number of hydrogen-bond donors (Lipinski definition) is 1. The third kappa shape index (κ3) is 4.47. The molecule has 2 saturated carbocycles. The van der Waals surface area contributed by atoms with Crippen LogP contribution in [0.1, 0.15) is 46.4 Å². The Labute approximate surface area is 147 Å². The minimum absolute atomic E-state index is 0.125. The molecular formula is C21H22O4. The zero-order chi connectivity index (χ0) is 17.6. The van der Waals surface area contributed by atoms with Crippen LogP contribution in [0.5, 0.6) is 11.5 Å². The maximum absolute atomic E-state index is 10.7. The zero-order valence-electron chi connectivity index (χ0n) is 14.0. The first-order chi connectivity index (χ1) is 12.2. The van der Waals surface area contributed by atoms with Crippen molar-refractivity contribution in [2.75, 3.05) is 0 Å². The van der Waals surface area contributed by atoms with Gasteiger partial charge in [0, 0.05) is 11.1 Å². The molecule has 0 aromatic heterocycles. The predicted molar refractivity (Wildman–Crippen MR) is 95.2 cm³/mol. The van der Waals surface area contributed by atoms with E-state index >= 15 is 0 Å². The molecule has 2 aliphatic rings. The number of carbonyl (C=O) groups is 2. The van der Waals surface area contributed by atoms with Crippen LogP contribution in [-0.4, -0.2) is 23.8 Å². The molecule has 4 heteroatoms. The molecule has 4 rings (SSSR count). The second-order valence-corrected chi connectivity index (χ2v) is 6.73. The quantitative estimate of drug-likeness (QED) is 0.846. The summed E-state index contributed by atoms with van der Waals surface area (Å²) in [5, 5.41) is 8.79. The van der Waals surface area contributed by atoms with Crippen LogP contribution in [0, 0.1) is 11.8 Å². The molecule has 0 heterocycles. The molecule has 2 aliphatic carbocycles. The number of phenols is 1. The summed E-state index contributed by atoms with van der Waals surface area (Å²) in [5.41, 5.74) is 1.19.